The van der Waals surface area contributed by atoms with E-state index in [0.29, 0.717) is 0 Å². The van der Waals surface area contributed by atoms with E-state index in [1.165, 1.54) is 20.3 Å². The van der Waals surface area contributed by atoms with Crippen LogP contribution in [0.25, 0.3) is 0 Å². The van der Waals surface area contributed by atoms with Crippen LogP contribution in [0.1, 0.15) is 11.9 Å². The molecule has 96 valence electrons. The first kappa shape index (κ1) is 13.8. The number of methoxy groups -OCH3 is 2. The Bertz CT molecular complexity index is 370. The summed E-state index contributed by atoms with van der Waals surface area (Å²) in [4.78, 5) is 0. The van der Waals surface area contributed by atoms with E-state index >= 15 is 0 Å². The normalized spacial score (nSPS) is 10.9. The molecule has 0 saturated heterocycles. The van der Waals surface area contributed by atoms with Crippen molar-refractivity contribution >= 4 is 5.69 Å². The number of ether oxygens (including phenoxy) is 2. The summed E-state index contributed by atoms with van der Waals surface area (Å²) in [6, 6.07) is 2.27. The molecule has 0 fully saturated rings. The molecule has 1 aromatic carbocycles. The predicted octanol–water partition coefficient (Wildman–Crippen LogP) is 2.64. The zero-order valence-electron chi connectivity index (χ0n) is 9.60. The van der Waals surface area contributed by atoms with Gasteiger partial charge in [0.25, 0.3) is 0 Å². The number of hydrogen-bond acceptors (Lipinski definition) is 3. The van der Waals surface area contributed by atoms with Gasteiger partial charge in [-0.1, -0.05) is 0 Å². The maximum absolute atomic E-state index is 13.9. The van der Waals surface area contributed by atoms with Gasteiger partial charge < -0.3 is 14.8 Å². The molecule has 3 nitrogen and oxygen atoms in total. The quantitative estimate of drug-likeness (QED) is 0.786. The number of alkyl halides is 1. The van der Waals surface area contributed by atoms with Crippen LogP contribution in [0.15, 0.2) is 12.1 Å². The van der Waals surface area contributed by atoms with Crippen LogP contribution in [0.4, 0.5) is 18.9 Å². The van der Waals surface area contributed by atoms with Crippen molar-refractivity contribution in [1.82, 2.24) is 0 Å². The number of halogens is 3. The second kappa shape index (κ2) is 6.46. The summed E-state index contributed by atoms with van der Waals surface area (Å²) in [6.07, 6.45) is -1.14. The van der Waals surface area contributed by atoms with E-state index in [4.69, 9.17) is 9.47 Å². The lowest BCUT2D eigenvalue weighted by Gasteiger charge is -2.17. The van der Waals surface area contributed by atoms with Crippen LogP contribution in [-0.2, 0) is 9.47 Å². The Kier molecular flexibility index (Phi) is 5.24. The summed E-state index contributed by atoms with van der Waals surface area (Å²) in [5.74, 6) is -1.62. The summed E-state index contributed by atoms with van der Waals surface area (Å²) in [5.41, 5.74) is -0.322. The highest BCUT2D eigenvalue weighted by Gasteiger charge is 2.22. The van der Waals surface area contributed by atoms with Crippen LogP contribution in [0.2, 0.25) is 0 Å². The molecule has 17 heavy (non-hydrogen) atoms. The lowest BCUT2D eigenvalue weighted by Crippen LogP contribution is -2.12. The van der Waals surface area contributed by atoms with Crippen molar-refractivity contribution in [3.05, 3.63) is 29.3 Å². The molecule has 0 radical (unpaired) electrons. The van der Waals surface area contributed by atoms with Gasteiger partial charge >= 0.3 is 0 Å². The molecule has 1 aromatic rings. The minimum atomic E-state index is -1.14. The Morgan fingerprint density at radius 3 is 2.41 bits per heavy atom. The number of benzene rings is 1. The number of anilines is 1. The first-order chi connectivity index (χ1) is 8.15. The maximum Gasteiger partial charge on any atom is 0.188 e. The van der Waals surface area contributed by atoms with Gasteiger partial charge in [-0.25, -0.2) is 13.2 Å². The van der Waals surface area contributed by atoms with Gasteiger partial charge in [-0.15, -0.1) is 0 Å². The molecule has 0 aliphatic carbocycles. The topological polar surface area (TPSA) is 30.5 Å². The summed E-state index contributed by atoms with van der Waals surface area (Å²) < 4.78 is 48.9. The maximum atomic E-state index is 13.9. The van der Waals surface area contributed by atoms with Gasteiger partial charge in [-0.05, 0) is 12.1 Å². The zero-order valence-corrected chi connectivity index (χ0v) is 9.60. The van der Waals surface area contributed by atoms with Crippen LogP contribution in [-0.4, -0.2) is 27.4 Å². The Morgan fingerprint density at radius 1 is 1.24 bits per heavy atom. The van der Waals surface area contributed by atoms with Crippen molar-refractivity contribution in [3.8, 4) is 0 Å². The van der Waals surface area contributed by atoms with Crippen molar-refractivity contribution in [3.63, 3.8) is 0 Å². The average Bonchev–Trinajstić information content (AvgIpc) is 2.33. The van der Waals surface area contributed by atoms with Gasteiger partial charge in [-0.2, -0.15) is 0 Å². The molecule has 0 unspecified atom stereocenters. The minimum Gasteiger partial charge on any atom is -0.380 e. The Balaban J connectivity index is 3.09. The van der Waals surface area contributed by atoms with Crippen molar-refractivity contribution < 1.29 is 22.6 Å². The largest absolute Gasteiger partial charge is 0.380 e. The van der Waals surface area contributed by atoms with Crippen molar-refractivity contribution in [2.24, 2.45) is 0 Å². The van der Waals surface area contributed by atoms with E-state index in [1.807, 2.05) is 0 Å². The van der Waals surface area contributed by atoms with Crippen LogP contribution >= 0.6 is 0 Å². The summed E-state index contributed by atoms with van der Waals surface area (Å²) in [7, 11) is 2.55. The van der Waals surface area contributed by atoms with Crippen LogP contribution in [0, 0.1) is 11.6 Å². The number of hydrogen-bond donors (Lipinski definition) is 1. The van der Waals surface area contributed by atoms with E-state index in [-0.39, 0.29) is 17.8 Å². The molecule has 0 atom stereocenters. The first-order valence-corrected chi connectivity index (χ1v) is 4.99. The van der Waals surface area contributed by atoms with Gasteiger partial charge in [-0.3, -0.25) is 0 Å². The molecule has 1 N–H and O–H groups in total. The molecule has 0 aromatic heterocycles. The van der Waals surface area contributed by atoms with Gasteiger partial charge in [0.1, 0.15) is 12.5 Å². The standard InChI is InChI=1S/C11H14F3NO2/c1-16-11(17-2)9-7(13)3-4-8(10(9)14)15-6-5-12/h3-4,11,15H,5-6H2,1-2H3. The van der Waals surface area contributed by atoms with Crippen LogP contribution in [0.5, 0.6) is 0 Å². The van der Waals surface area contributed by atoms with Crippen molar-refractivity contribution in [2.75, 3.05) is 32.8 Å². The Morgan fingerprint density at radius 2 is 1.88 bits per heavy atom. The Hall–Kier alpha value is -1.27. The molecule has 1 rings (SSSR count). The fraction of sp³-hybridized carbons (Fsp3) is 0.455. The second-order valence-corrected chi connectivity index (χ2v) is 3.24. The van der Waals surface area contributed by atoms with Gasteiger partial charge in [0.05, 0.1) is 11.3 Å². The fourth-order valence-corrected chi connectivity index (χ4v) is 1.44. The van der Waals surface area contributed by atoms with E-state index in [2.05, 4.69) is 5.32 Å². The SMILES string of the molecule is COC(OC)c1c(F)ccc(NCCF)c1F. The minimum absolute atomic E-state index is 0.0122. The number of rotatable bonds is 6. The van der Waals surface area contributed by atoms with Gasteiger partial charge in [0.2, 0.25) is 0 Å². The average molecular weight is 249 g/mol. The molecule has 0 amide bonds. The van der Waals surface area contributed by atoms with E-state index < -0.39 is 24.6 Å². The molecule has 0 heterocycles. The monoisotopic (exact) mass is 249 g/mol. The van der Waals surface area contributed by atoms with Crippen molar-refractivity contribution in [1.29, 1.82) is 0 Å². The first-order valence-electron chi connectivity index (χ1n) is 4.99. The van der Waals surface area contributed by atoms with Crippen LogP contribution < -0.4 is 5.32 Å². The lowest BCUT2D eigenvalue weighted by molar-refractivity contribution is -0.109. The summed E-state index contributed by atoms with van der Waals surface area (Å²) >= 11 is 0. The third kappa shape index (κ3) is 3.10. The fourth-order valence-electron chi connectivity index (χ4n) is 1.44. The molecule has 0 aliphatic heterocycles. The van der Waals surface area contributed by atoms with Gasteiger partial charge in [0.15, 0.2) is 12.1 Å². The molecule has 0 saturated carbocycles. The second-order valence-electron chi connectivity index (χ2n) is 3.24. The summed E-state index contributed by atoms with van der Waals surface area (Å²) in [6.45, 7) is -0.698. The lowest BCUT2D eigenvalue weighted by atomic mass is 10.1. The smallest absolute Gasteiger partial charge is 0.188 e. The van der Waals surface area contributed by atoms with E-state index in [0.717, 1.165) is 6.07 Å². The highest BCUT2D eigenvalue weighted by Crippen LogP contribution is 2.28. The molecular formula is C11H14F3NO2. The highest BCUT2D eigenvalue weighted by atomic mass is 19.1. The Labute approximate surface area is 97.5 Å². The molecule has 0 spiro atoms. The highest BCUT2D eigenvalue weighted by molar-refractivity contribution is 5.48. The molecule has 0 aliphatic rings. The zero-order chi connectivity index (χ0) is 12.8. The molecular weight excluding hydrogens is 235 g/mol. The van der Waals surface area contributed by atoms with E-state index in [9.17, 15) is 13.2 Å². The molecule has 0 bridgehead atoms. The number of nitrogens with one attached hydrogen (secondary N) is 1. The molecule has 6 heteroatoms. The van der Waals surface area contributed by atoms with E-state index in [1.54, 1.807) is 0 Å². The third-order valence-corrected chi connectivity index (χ3v) is 2.20. The third-order valence-electron chi connectivity index (χ3n) is 2.20. The van der Waals surface area contributed by atoms with Crippen LogP contribution in [0.3, 0.4) is 0 Å². The predicted molar refractivity (Wildman–Crippen MR) is 57.6 cm³/mol. The van der Waals surface area contributed by atoms with Crippen molar-refractivity contribution in [2.45, 2.75) is 6.29 Å². The summed E-state index contributed by atoms with van der Waals surface area (Å²) in [5, 5.41) is 2.51. The van der Waals surface area contributed by atoms with Gasteiger partial charge in [0, 0.05) is 20.8 Å².